The van der Waals surface area contributed by atoms with Gasteiger partial charge in [-0.3, -0.25) is 4.57 Å². The summed E-state index contributed by atoms with van der Waals surface area (Å²) in [5, 5.41) is 10.7. The topological polar surface area (TPSA) is 43.9 Å². The lowest BCUT2D eigenvalue weighted by Crippen LogP contribution is -2.05. The first-order chi connectivity index (χ1) is 11.5. The molecule has 0 atom stereocenters. The van der Waals surface area contributed by atoms with Crippen LogP contribution in [0.25, 0.3) is 11.6 Å². The van der Waals surface area contributed by atoms with Crippen molar-refractivity contribution in [1.82, 2.24) is 14.8 Å². The molecule has 126 valence electrons. The summed E-state index contributed by atoms with van der Waals surface area (Å²) in [4.78, 5) is 0. The van der Waals surface area contributed by atoms with Gasteiger partial charge in [0.05, 0.1) is 0 Å². The van der Waals surface area contributed by atoms with Gasteiger partial charge >= 0.3 is 0 Å². The number of nitrogens with zero attached hydrogens (tertiary/aromatic N) is 3. The molecule has 0 N–H and O–H groups in total. The van der Waals surface area contributed by atoms with Crippen molar-refractivity contribution in [2.45, 2.75) is 30.8 Å². The van der Waals surface area contributed by atoms with E-state index in [1.807, 2.05) is 34.9 Å². The molecule has 0 aliphatic carbocycles. The lowest BCUT2D eigenvalue weighted by atomic mass is 10.2. The highest BCUT2D eigenvalue weighted by atomic mass is 79.9. The van der Waals surface area contributed by atoms with Gasteiger partial charge in [0.25, 0.3) is 0 Å². The minimum atomic E-state index is 0.183. The van der Waals surface area contributed by atoms with E-state index in [-0.39, 0.29) is 6.04 Å². The molecule has 0 aliphatic heterocycles. The van der Waals surface area contributed by atoms with E-state index >= 15 is 0 Å². The van der Waals surface area contributed by atoms with Gasteiger partial charge in [-0.2, -0.15) is 0 Å². The van der Waals surface area contributed by atoms with Crippen LogP contribution in [0.3, 0.4) is 0 Å². The first-order valence-corrected chi connectivity index (χ1v) is 9.77. The highest BCUT2D eigenvalue weighted by Crippen LogP contribution is 2.34. The van der Waals surface area contributed by atoms with Crippen LogP contribution in [0.5, 0.6) is 0 Å². The van der Waals surface area contributed by atoms with Crippen LogP contribution in [0, 0.1) is 0 Å². The van der Waals surface area contributed by atoms with Gasteiger partial charge in [0.1, 0.15) is 0 Å². The fourth-order valence-electron chi connectivity index (χ4n) is 2.25. The van der Waals surface area contributed by atoms with Crippen molar-refractivity contribution < 1.29 is 4.42 Å². The van der Waals surface area contributed by atoms with Crippen LogP contribution >= 0.6 is 50.9 Å². The van der Waals surface area contributed by atoms with E-state index in [1.165, 1.54) is 0 Å². The van der Waals surface area contributed by atoms with E-state index < -0.39 is 0 Å². The summed E-state index contributed by atoms with van der Waals surface area (Å²) in [5.41, 5.74) is 0.895. The second kappa shape index (κ2) is 7.52. The van der Waals surface area contributed by atoms with E-state index in [4.69, 9.17) is 27.6 Å². The number of rotatable bonds is 5. The number of aromatic nitrogens is 3. The van der Waals surface area contributed by atoms with E-state index in [0.29, 0.717) is 32.1 Å². The molecule has 4 nitrogen and oxygen atoms in total. The van der Waals surface area contributed by atoms with Crippen molar-refractivity contribution in [2.75, 3.05) is 0 Å². The zero-order chi connectivity index (χ0) is 17.3. The zero-order valence-electron chi connectivity index (χ0n) is 13.0. The maximum atomic E-state index is 6.24. The highest BCUT2D eigenvalue weighted by molar-refractivity contribution is 9.10. The first kappa shape index (κ1) is 17.9. The van der Waals surface area contributed by atoms with E-state index in [1.54, 1.807) is 11.8 Å². The normalized spacial score (nSPS) is 11.4. The van der Waals surface area contributed by atoms with Gasteiger partial charge in [-0.1, -0.05) is 41.0 Å². The fourth-order valence-corrected chi connectivity index (χ4v) is 4.37. The number of thioether (sulfide) groups is 1. The van der Waals surface area contributed by atoms with Crippen LogP contribution in [0.2, 0.25) is 10.0 Å². The molecule has 0 aliphatic rings. The predicted molar refractivity (Wildman–Crippen MR) is 102 cm³/mol. The Morgan fingerprint density at radius 3 is 2.46 bits per heavy atom. The average Bonchev–Trinajstić information content (AvgIpc) is 3.12. The molecular weight excluding hydrogens is 433 g/mol. The van der Waals surface area contributed by atoms with Crippen molar-refractivity contribution in [3.63, 3.8) is 0 Å². The Bertz CT molecular complexity index is 843. The lowest BCUT2D eigenvalue weighted by Gasteiger charge is -2.13. The summed E-state index contributed by atoms with van der Waals surface area (Å²) < 4.78 is 8.32. The summed E-state index contributed by atoms with van der Waals surface area (Å²) in [6.07, 6.45) is 0. The molecule has 0 saturated carbocycles. The Kier molecular flexibility index (Phi) is 5.59. The quantitative estimate of drug-likeness (QED) is 0.420. The van der Waals surface area contributed by atoms with Gasteiger partial charge in [-0.15, -0.1) is 10.2 Å². The van der Waals surface area contributed by atoms with Crippen molar-refractivity contribution >= 4 is 50.9 Å². The third-order valence-electron chi connectivity index (χ3n) is 3.38. The van der Waals surface area contributed by atoms with Crippen molar-refractivity contribution in [3.8, 4) is 11.6 Å². The molecule has 24 heavy (non-hydrogen) atoms. The smallest absolute Gasteiger partial charge is 0.200 e. The molecule has 3 aromatic rings. The molecule has 8 heteroatoms. The summed E-state index contributed by atoms with van der Waals surface area (Å²) >= 11 is 17.3. The van der Waals surface area contributed by atoms with Crippen molar-refractivity contribution in [2.24, 2.45) is 0 Å². The Hall–Kier alpha value is -0.950. The Morgan fingerprint density at radius 2 is 1.88 bits per heavy atom. The molecule has 3 rings (SSSR count). The monoisotopic (exact) mass is 445 g/mol. The maximum Gasteiger partial charge on any atom is 0.200 e. The first-order valence-electron chi connectivity index (χ1n) is 7.23. The molecule has 0 radical (unpaired) electrons. The molecule has 0 fully saturated rings. The number of hydrogen-bond donors (Lipinski definition) is 0. The highest BCUT2D eigenvalue weighted by Gasteiger charge is 2.20. The van der Waals surface area contributed by atoms with Crippen molar-refractivity contribution in [1.29, 1.82) is 0 Å². The van der Waals surface area contributed by atoms with Crippen LogP contribution < -0.4 is 0 Å². The second-order valence-corrected chi connectivity index (χ2v) is 7.90. The number of benzene rings is 1. The van der Waals surface area contributed by atoms with Gasteiger partial charge in [-0.05, 0) is 59.6 Å². The molecule has 2 aromatic heterocycles. The minimum absolute atomic E-state index is 0.183. The summed E-state index contributed by atoms with van der Waals surface area (Å²) in [6.45, 7) is 4.16. The molecular formula is C16H14BrCl2N3OS. The number of hydrogen-bond acceptors (Lipinski definition) is 4. The van der Waals surface area contributed by atoms with E-state index in [2.05, 4.69) is 40.0 Å². The van der Waals surface area contributed by atoms with Crippen molar-refractivity contribution in [3.05, 3.63) is 50.6 Å². The third kappa shape index (κ3) is 3.67. The Morgan fingerprint density at radius 1 is 1.17 bits per heavy atom. The fraction of sp³-hybridized carbons (Fsp3) is 0.250. The van der Waals surface area contributed by atoms with Crippen LogP contribution in [-0.4, -0.2) is 14.8 Å². The Labute approximate surface area is 162 Å². The largest absolute Gasteiger partial charge is 0.446 e. The molecule has 2 heterocycles. The number of halogens is 3. The SMILES string of the molecule is CC(C)n1c(SCc2c(Cl)cccc2Cl)nnc1-c1ccc(Br)o1. The zero-order valence-corrected chi connectivity index (χ0v) is 16.9. The maximum absolute atomic E-state index is 6.24. The second-order valence-electron chi connectivity index (χ2n) is 5.36. The molecule has 0 bridgehead atoms. The number of furan rings is 1. The van der Waals surface area contributed by atoms with Crippen LogP contribution in [0.4, 0.5) is 0 Å². The lowest BCUT2D eigenvalue weighted by molar-refractivity contribution is 0.519. The Balaban J connectivity index is 1.90. The van der Waals surface area contributed by atoms with Gasteiger partial charge in [0.2, 0.25) is 5.82 Å². The standard InChI is InChI=1S/C16H14BrCl2N3OS/c1-9(2)22-15(13-6-7-14(17)23-13)20-21-16(22)24-8-10-11(18)4-3-5-12(10)19/h3-7,9H,8H2,1-2H3. The molecule has 0 spiro atoms. The van der Waals surface area contributed by atoms with Gasteiger partial charge < -0.3 is 4.42 Å². The van der Waals surface area contributed by atoms with E-state index in [0.717, 1.165) is 10.7 Å². The van der Waals surface area contributed by atoms with Gasteiger partial charge in [0.15, 0.2) is 15.6 Å². The molecule has 0 unspecified atom stereocenters. The van der Waals surface area contributed by atoms with Crippen LogP contribution in [0.1, 0.15) is 25.5 Å². The molecule has 1 aromatic carbocycles. The van der Waals surface area contributed by atoms with Gasteiger partial charge in [0, 0.05) is 21.8 Å². The predicted octanol–water partition coefficient (Wildman–Crippen LogP) is 6.48. The van der Waals surface area contributed by atoms with Crippen LogP contribution in [0.15, 0.2) is 44.6 Å². The minimum Gasteiger partial charge on any atom is -0.446 e. The van der Waals surface area contributed by atoms with Crippen LogP contribution in [-0.2, 0) is 5.75 Å². The molecule has 0 amide bonds. The van der Waals surface area contributed by atoms with E-state index in [9.17, 15) is 0 Å². The third-order valence-corrected chi connectivity index (χ3v) is 5.49. The summed E-state index contributed by atoms with van der Waals surface area (Å²) in [7, 11) is 0. The average molecular weight is 447 g/mol. The summed E-state index contributed by atoms with van der Waals surface area (Å²) in [6, 6.07) is 9.40. The molecule has 0 saturated heterocycles. The van der Waals surface area contributed by atoms with Gasteiger partial charge in [-0.25, -0.2) is 0 Å². The summed E-state index contributed by atoms with van der Waals surface area (Å²) in [5.74, 6) is 1.99.